The number of ketones is 1. The van der Waals surface area contributed by atoms with Crippen LogP contribution in [0.4, 0.5) is 5.69 Å². The standard InChI is InChI=1S/C17H17NO7/c1-22-11-4-6-16(24-3)13(8-11)15(19)10-25-17-7-5-12(23-2)9-14(17)18(20)21/h4-9H,10H2,1-3H3. The molecule has 0 aliphatic carbocycles. The van der Waals surface area contributed by atoms with Gasteiger partial charge in [-0.15, -0.1) is 0 Å². The topological polar surface area (TPSA) is 97.1 Å². The fourth-order valence-corrected chi connectivity index (χ4v) is 2.14. The molecule has 0 heterocycles. The molecule has 0 aliphatic heterocycles. The minimum absolute atomic E-state index is 0.0268. The van der Waals surface area contributed by atoms with E-state index in [2.05, 4.69) is 0 Å². The maximum Gasteiger partial charge on any atom is 0.314 e. The molecule has 0 fully saturated rings. The van der Waals surface area contributed by atoms with E-state index in [0.29, 0.717) is 17.2 Å². The average Bonchev–Trinajstić information content (AvgIpc) is 2.65. The molecule has 2 aromatic rings. The number of nitrogens with zero attached hydrogens (tertiary/aromatic N) is 1. The van der Waals surface area contributed by atoms with E-state index in [0.717, 1.165) is 0 Å². The SMILES string of the molecule is COc1ccc(OC)c(C(=O)COc2ccc(OC)cc2[N+](=O)[O-])c1. The molecule has 0 atom stereocenters. The molecule has 0 saturated carbocycles. The molecule has 0 radical (unpaired) electrons. The number of carbonyl (C=O) groups is 1. The van der Waals surface area contributed by atoms with E-state index < -0.39 is 17.3 Å². The van der Waals surface area contributed by atoms with Crippen LogP contribution in [0.25, 0.3) is 0 Å². The summed E-state index contributed by atoms with van der Waals surface area (Å²) in [7, 11) is 4.32. The highest BCUT2D eigenvalue weighted by atomic mass is 16.6. The lowest BCUT2D eigenvalue weighted by molar-refractivity contribution is -0.385. The van der Waals surface area contributed by atoms with Crippen LogP contribution < -0.4 is 18.9 Å². The van der Waals surface area contributed by atoms with Crippen molar-refractivity contribution >= 4 is 11.5 Å². The molecular formula is C17H17NO7. The van der Waals surface area contributed by atoms with E-state index in [4.69, 9.17) is 18.9 Å². The van der Waals surface area contributed by atoms with Crippen LogP contribution >= 0.6 is 0 Å². The number of benzene rings is 2. The first kappa shape index (κ1) is 18.1. The van der Waals surface area contributed by atoms with Gasteiger partial charge in [-0.05, 0) is 30.3 Å². The summed E-state index contributed by atoms with van der Waals surface area (Å²) in [4.78, 5) is 22.9. The van der Waals surface area contributed by atoms with Gasteiger partial charge in [-0.25, -0.2) is 0 Å². The van der Waals surface area contributed by atoms with Gasteiger partial charge in [0.15, 0.2) is 12.4 Å². The zero-order valence-electron chi connectivity index (χ0n) is 14.0. The van der Waals surface area contributed by atoms with Gasteiger partial charge in [0, 0.05) is 0 Å². The monoisotopic (exact) mass is 347 g/mol. The van der Waals surface area contributed by atoms with Gasteiger partial charge in [0.1, 0.15) is 17.2 Å². The molecule has 8 heteroatoms. The molecule has 2 aromatic carbocycles. The number of Topliss-reactive ketones (excluding diaryl/α,β-unsaturated/α-hetero) is 1. The van der Waals surface area contributed by atoms with Gasteiger partial charge in [-0.1, -0.05) is 0 Å². The maximum absolute atomic E-state index is 12.4. The Bertz CT molecular complexity index is 789. The molecule has 0 bridgehead atoms. The summed E-state index contributed by atoms with van der Waals surface area (Å²) in [5.41, 5.74) is -0.0252. The van der Waals surface area contributed by atoms with Gasteiger partial charge >= 0.3 is 5.69 Å². The second-order valence-electron chi connectivity index (χ2n) is 4.87. The third-order valence-electron chi connectivity index (χ3n) is 3.43. The third kappa shape index (κ3) is 4.17. The van der Waals surface area contributed by atoms with Crippen molar-refractivity contribution in [1.82, 2.24) is 0 Å². The Hall–Kier alpha value is -3.29. The predicted molar refractivity (Wildman–Crippen MR) is 89.0 cm³/mol. The lowest BCUT2D eigenvalue weighted by atomic mass is 10.1. The molecule has 2 rings (SSSR count). The lowest BCUT2D eigenvalue weighted by Gasteiger charge is -2.11. The van der Waals surface area contributed by atoms with Crippen LogP contribution in [0.5, 0.6) is 23.0 Å². The second-order valence-corrected chi connectivity index (χ2v) is 4.87. The van der Waals surface area contributed by atoms with Crippen molar-refractivity contribution in [3.63, 3.8) is 0 Å². The van der Waals surface area contributed by atoms with Gasteiger partial charge in [0.25, 0.3) is 0 Å². The van der Waals surface area contributed by atoms with Crippen LogP contribution in [0.2, 0.25) is 0 Å². The zero-order valence-corrected chi connectivity index (χ0v) is 14.0. The number of nitro benzene ring substituents is 1. The summed E-state index contributed by atoms with van der Waals surface area (Å²) >= 11 is 0. The number of hydrogen-bond donors (Lipinski definition) is 0. The highest BCUT2D eigenvalue weighted by Crippen LogP contribution is 2.31. The lowest BCUT2D eigenvalue weighted by Crippen LogP contribution is -2.13. The van der Waals surface area contributed by atoms with Crippen LogP contribution in [0.3, 0.4) is 0 Å². The number of rotatable bonds is 8. The normalized spacial score (nSPS) is 10.0. The Kier molecular flexibility index (Phi) is 5.78. The summed E-state index contributed by atoms with van der Waals surface area (Å²) in [5, 5.41) is 11.1. The Labute approximate surface area is 144 Å². The predicted octanol–water partition coefficient (Wildman–Crippen LogP) is 2.88. The summed E-state index contributed by atoms with van der Waals surface area (Å²) < 4.78 is 20.5. The number of nitro groups is 1. The maximum atomic E-state index is 12.4. The van der Waals surface area contributed by atoms with Gasteiger partial charge in [0.05, 0.1) is 37.9 Å². The zero-order chi connectivity index (χ0) is 18.4. The second kappa shape index (κ2) is 8.00. The molecule has 0 aromatic heterocycles. The first-order valence-corrected chi connectivity index (χ1v) is 7.20. The number of methoxy groups -OCH3 is 3. The first-order chi connectivity index (χ1) is 12.0. The van der Waals surface area contributed by atoms with Crippen molar-refractivity contribution in [1.29, 1.82) is 0 Å². The Balaban J connectivity index is 2.22. The molecule has 0 aliphatic rings. The van der Waals surface area contributed by atoms with Crippen LogP contribution in [-0.2, 0) is 0 Å². The molecule has 8 nitrogen and oxygen atoms in total. The fourth-order valence-electron chi connectivity index (χ4n) is 2.14. The van der Waals surface area contributed by atoms with Crippen molar-refractivity contribution in [2.75, 3.05) is 27.9 Å². The smallest absolute Gasteiger partial charge is 0.314 e. The van der Waals surface area contributed by atoms with Crippen molar-refractivity contribution < 1.29 is 28.7 Å². The van der Waals surface area contributed by atoms with E-state index in [-0.39, 0.29) is 17.0 Å². The molecule has 132 valence electrons. The highest BCUT2D eigenvalue weighted by molar-refractivity contribution is 6.00. The fraction of sp³-hybridized carbons (Fsp3) is 0.235. The van der Waals surface area contributed by atoms with Crippen molar-refractivity contribution in [2.45, 2.75) is 0 Å². The molecule has 0 amide bonds. The van der Waals surface area contributed by atoms with E-state index in [1.807, 2.05) is 0 Å². The van der Waals surface area contributed by atoms with Crippen LogP contribution in [0.15, 0.2) is 36.4 Å². The number of hydrogen-bond acceptors (Lipinski definition) is 7. The molecule has 0 N–H and O–H groups in total. The van der Waals surface area contributed by atoms with Crippen molar-refractivity contribution in [3.8, 4) is 23.0 Å². The van der Waals surface area contributed by atoms with Gasteiger partial charge < -0.3 is 18.9 Å². The Morgan fingerprint density at radius 1 is 0.960 bits per heavy atom. The molecule has 25 heavy (non-hydrogen) atoms. The summed E-state index contributed by atoms with van der Waals surface area (Å²) in [6.07, 6.45) is 0. The first-order valence-electron chi connectivity index (χ1n) is 7.20. The van der Waals surface area contributed by atoms with Crippen LogP contribution in [0, 0.1) is 10.1 Å². The third-order valence-corrected chi connectivity index (χ3v) is 3.43. The minimum Gasteiger partial charge on any atom is -0.497 e. The average molecular weight is 347 g/mol. The number of ether oxygens (including phenoxy) is 4. The van der Waals surface area contributed by atoms with Gasteiger partial charge in [0.2, 0.25) is 5.78 Å². The Morgan fingerprint density at radius 3 is 2.12 bits per heavy atom. The van der Waals surface area contributed by atoms with Crippen LogP contribution in [-0.4, -0.2) is 38.6 Å². The van der Waals surface area contributed by atoms with Gasteiger partial charge in [-0.3, -0.25) is 14.9 Å². The number of carbonyl (C=O) groups excluding carboxylic acids is 1. The largest absolute Gasteiger partial charge is 0.497 e. The van der Waals surface area contributed by atoms with E-state index in [1.165, 1.54) is 45.6 Å². The molecule has 0 spiro atoms. The molecule has 0 unspecified atom stereocenters. The summed E-state index contributed by atoms with van der Waals surface area (Å²) in [5.74, 6) is 0.736. The van der Waals surface area contributed by atoms with Crippen molar-refractivity contribution in [3.05, 3.63) is 52.1 Å². The molecular weight excluding hydrogens is 330 g/mol. The minimum atomic E-state index is -0.603. The van der Waals surface area contributed by atoms with E-state index in [9.17, 15) is 14.9 Å². The van der Waals surface area contributed by atoms with E-state index in [1.54, 1.807) is 12.1 Å². The van der Waals surface area contributed by atoms with E-state index >= 15 is 0 Å². The summed E-state index contributed by atoms with van der Waals surface area (Å²) in [6.45, 7) is -0.392. The summed E-state index contributed by atoms with van der Waals surface area (Å²) in [6, 6.07) is 8.90. The van der Waals surface area contributed by atoms with Gasteiger partial charge in [-0.2, -0.15) is 0 Å². The highest BCUT2D eigenvalue weighted by Gasteiger charge is 2.19. The molecule has 0 saturated heterocycles. The van der Waals surface area contributed by atoms with Crippen molar-refractivity contribution in [2.24, 2.45) is 0 Å². The van der Waals surface area contributed by atoms with Crippen LogP contribution in [0.1, 0.15) is 10.4 Å². The quantitative estimate of drug-likeness (QED) is 0.411. The Morgan fingerprint density at radius 2 is 1.56 bits per heavy atom.